The van der Waals surface area contributed by atoms with Gasteiger partial charge in [0.25, 0.3) is 0 Å². The molecule has 0 aliphatic rings. The number of ether oxygens (including phenoxy) is 1. The fourth-order valence-electron chi connectivity index (χ4n) is 1.05. The van der Waals surface area contributed by atoms with Crippen molar-refractivity contribution in [3.8, 4) is 5.75 Å². The summed E-state index contributed by atoms with van der Waals surface area (Å²) in [7, 11) is 1.63. The molecule has 5 N–H and O–H groups in total. The standard InChI is InChI=1S/C10H14N4O/c1-7(13-14-10(11)12)8-3-5-9(15-2)6-4-8/h3-6H,1-2H3,(H4,11,12,14)/p+1/b13-7-. The number of nitrogens with two attached hydrogens (primary N) is 2. The lowest BCUT2D eigenvalue weighted by Gasteiger charge is -2.01. The third-order valence-corrected chi connectivity index (χ3v) is 1.86. The van der Waals surface area contributed by atoms with Crippen molar-refractivity contribution in [1.29, 1.82) is 0 Å². The van der Waals surface area contributed by atoms with Crippen molar-refractivity contribution < 1.29 is 9.84 Å². The van der Waals surface area contributed by atoms with Crippen LogP contribution in [0.25, 0.3) is 0 Å². The molecule has 0 amide bonds. The Hall–Kier alpha value is -2.04. The van der Waals surface area contributed by atoms with Crippen molar-refractivity contribution in [3.63, 3.8) is 0 Å². The minimum atomic E-state index is 0.0721. The molecule has 0 bridgehead atoms. The number of hydrazone groups is 1. The Bertz CT molecular complexity index is 377. The van der Waals surface area contributed by atoms with Crippen LogP contribution in [0.15, 0.2) is 29.4 Å². The van der Waals surface area contributed by atoms with Crippen LogP contribution < -0.4 is 21.3 Å². The zero-order valence-corrected chi connectivity index (χ0v) is 8.82. The van der Waals surface area contributed by atoms with Gasteiger partial charge in [0, 0.05) is 0 Å². The molecule has 0 unspecified atom stereocenters. The summed E-state index contributed by atoms with van der Waals surface area (Å²) in [6.45, 7) is 1.86. The summed E-state index contributed by atoms with van der Waals surface area (Å²) in [6.07, 6.45) is 0. The minimum Gasteiger partial charge on any atom is -0.497 e. The SMILES string of the molecule is COc1ccc(/C(C)=N\[NH+]=C(N)N)cc1. The first kappa shape index (κ1) is 11.0. The molecular weight excluding hydrogens is 192 g/mol. The predicted octanol–water partition coefficient (Wildman–Crippen LogP) is -1.23. The highest BCUT2D eigenvalue weighted by atomic mass is 16.5. The fourth-order valence-corrected chi connectivity index (χ4v) is 1.05. The van der Waals surface area contributed by atoms with Crippen molar-refractivity contribution in [2.45, 2.75) is 6.92 Å². The van der Waals surface area contributed by atoms with Gasteiger partial charge < -0.3 is 4.74 Å². The summed E-state index contributed by atoms with van der Waals surface area (Å²) >= 11 is 0. The molecule has 0 fully saturated rings. The van der Waals surface area contributed by atoms with Crippen LogP contribution in [-0.4, -0.2) is 18.8 Å². The Kier molecular flexibility index (Phi) is 3.68. The summed E-state index contributed by atoms with van der Waals surface area (Å²) in [6, 6.07) is 7.55. The van der Waals surface area contributed by atoms with E-state index in [4.69, 9.17) is 16.2 Å². The quantitative estimate of drug-likeness (QED) is 0.329. The van der Waals surface area contributed by atoms with Gasteiger partial charge >= 0.3 is 5.96 Å². The molecule has 1 aromatic rings. The van der Waals surface area contributed by atoms with Crippen molar-refractivity contribution in [2.24, 2.45) is 16.6 Å². The molecule has 0 radical (unpaired) electrons. The number of guanidine groups is 1. The molecule has 0 aliphatic heterocycles. The van der Waals surface area contributed by atoms with Crippen LogP contribution in [0, 0.1) is 0 Å². The third kappa shape index (κ3) is 3.30. The Balaban J connectivity index is 2.87. The lowest BCUT2D eigenvalue weighted by Crippen LogP contribution is -2.72. The first-order valence-electron chi connectivity index (χ1n) is 4.46. The lowest BCUT2D eigenvalue weighted by atomic mass is 10.1. The second kappa shape index (κ2) is 4.99. The van der Waals surface area contributed by atoms with Crippen molar-refractivity contribution in [1.82, 2.24) is 0 Å². The van der Waals surface area contributed by atoms with Crippen molar-refractivity contribution in [3.05, 3.63) is 29.8 Å². The number of rotatable bonds is 3. The van der Waals surface area contributed by atoms with Crippen LogP contribution in [0.1, 0.15) is 12.5 Å². The molecule has 0 saturated carbocycles. The van der Waals surface area contributed by atoms with Crippen LogP contribution in [-0.2, 0) is 0 Å². The Morgan fingerprint density at radius 2 is 1.87 bits per heavy atom. The van der Waals surface area contributed by atoms with Gasteiger partial charge in [-0.05, 0) is 36.8 Å². The van der Waals surface area contributed by atoms with Crippen LogP contribution in [0.3, 0.4) is 0 Å². The largest absolute Gasteiger partial charge is 0.497 e. The zero-order chi connectivity index (χ0) is 11.3. The number of methoxy groups -OCH3 is 1. The number of hydrogen-bond acceptors (Lipinski definition) is 2. The topological polar surface area (TPSA) is 87.6 Å². The molecule has 1 rings (SSSR count). The molecule has 15 heavy (non-hydrogen) atoms. The molecule has 5 heteroatoms. The molecule has 5 nitrogen and oxygen atoms in total. The molecule has 0 saturated heterocycles. The molecule has 0 aliphatic carbocycles. The van der Waals surface area contributed by atoms with E-state index in [9.17, 15) is 0 Å². The van der Waals surface area contributed by atoms with E-state index in [2.05, 4.69) is 10.2 Å². The molecular formula is C10H15N4O+. The van der Waals surface area contributed by atoms with Gasteiger partial charge in [-0.15, -0.1) is 5.10 Å². The second-order valence-electron chi connectivity index (χ2n) is 2.99. The molecule has 0 atom stereocenters. The Morgan fingerprint density at radius 3 is 2.33 bits per heavy atom. The van der Waals surface area contributed by atoms with E-state index in [-0.39, 0.29) is 5.96 Å². The number of nitrogens with one attached hydrogen (secondary N) is 1. The van der Waals surface area contributed by atoms with E-state index in [1.54, 1.807) is 7.11 Å². The smallest absolute Gasteiger partial charge is 0.362 e. The van der Waals surface area contributed by atoms with Gasteiger partial charge in [0.05, 0.1) is 12.8 Å². The van der Waals surface area contributed by atoms with E-state index < -0.39 is 0 Å². The van der Waals surface area contributed by atoms with Gasteiger partial charge in [-0.1, -0.05) is 0 Å². The Morgan fingerprint density at radius 1 is 1.27 bits per heavy atom. The summed E-state index contributed by atoms with van der Waals surface area (Å²) in [5.74, 6) is 0.882. The van der Waals surface area contributed by atoms with Gasteiger partial charge in [0.1, 0.15) is 5.75 Å². The normalized spacial score (nSPS) is 10.9. The molecule has 80 valence electrons. The predicted molar refractivity (Wildman–Crippen MR) is 59.5 cm³/mol. The fraction of sp³-hybridized carbons (Fsp3) is 0.200. The van der Waals surface area contributed by atoms with Gasteiger partial charge in [0.15, 0.2) is 0 Å². The highest BCUT2D eigenvalue weighted by Crippen LogP contribution is 2.11. The number of hydrogen-bond donors (Lipinski definition) is 3. The number of benzene rings is 1. The average molecular weight is 207 g/mol. The Labute approximate surface area is 88.4 Å². The molecule has 0 heterocycles. The average Bonchev–Trinajstić information content (AvgIpc) is 2.26. The first-order valence-corrected chi connectivity index (χ1v) is 4.46. The van der Waals surface area contributed by atoms with E-state index in [1.165, 1.54) is 0 Å². The second-order valence-corrected chi connectivity index (χ2v) is 2.99. The van der Waals surface area contributed by atoms with Crippen molar-refractivity contribution in [2.75, 3.05) is 7.11 Å². The summed E-state index contributed by atoms with van der Waals surface area (Å²) in [5.41, 5.74) is 12.2. The summed E-state index contributed by atoms with van der Waals surface area (Å²) < 4.78 is 5.05. The van der Waals surface area contributed by atoms with Crippen molar-refractivity contribution >= 4 is 11.7 Å². The van der Waals surface area contributed by atoms with Gasteiger partial charge in [0.2, 0.25) is 0 Å². The van der Waals surface area contributed by atoms with Gasteiger partial charge in [-0.2, -0.15) is 5.10 Å². The minimum absolute atomic E-state index is 0.0721. The molecule has 0 spiro atoms. The van der Waals surface area contributed by atoms with Gasteiger partial charge in [-0.25, -0.2) is 0 Å². The highest BCUT2D eigenvalue weighted by Gasteiger charge is 1.98. The number of nitrogens with zero attached hydrogens (tertiary/aromatic N) is 1. The maximum atomic E-state index is 5.22. The monoisotopic (exact) mass is 207 g/mol. The summed E-state index contributed by atoms with van der Waals surface area (Å²) in [5, 5.41) is 6.49. The van der Waals surface area contributed by atoms with Crippen LogP contribution in [0.4, 0.5) is 0 Å². The van der Waals surface area contributed by atoms with E-state index in [1.807, 2.05) is 31.2 Å². The van der Waals surface area contributed by atoms with Gasteiger partial charge in [-0.3, -0.25) is 11.5 Å². The molecule has 0 aromatic heterocycles. The summed E-state index contributed by atoms with van der Waals surface area (Å²) in [4.78, 5) is 0. The maximum Gasteiger partial charge on any atom is 0.362 e. The van der Waals surface area contributed by atoms with E-state index >= 15 is 0 Å². The lowest BCUT2D eigenvalue weighted by molar-refractivity contribution is -0.464. The van der Waals surface area contributed by atoms with Crippen LogP contribution in [0.2, 0.25) is 0 Å². The maximum absolute atomic E-state index is 5.22. The van der Waals surface area contributed by atoms with E-state index in [0.717, 1.165) is 17.0 Å². The van der Waals surface area contributed by atoms with E-state index in [0.29, 0.717) is 0 Å². The molecule has 1 aromatic carbocycles. The first-order chi connectivity index (χ1) is 7.13. The van der Waals surface area contributed by atoms with Crippen LogP contribution >= 0.6 is 0 Å². The highest BCUT2D eigenvalue weighted by molar-refractivity contribution is 5.98. The third-order valence-electron chi connectivity index (χ3n) is 1.86. The zero-order valence-electron chi connectivity index (χ0n) is 8.82. The van der Waals surface area contributed by atoms with Crippen LogP contribution in [0.5, 0.6) is 5.75 Å².